The van der Waals surface area contributed by atoms with Gasteiger partial charge in [-0.05, 0) is 48.4 Å². The van der Waals surface area contributed by atoms with Gasteiger partial charge in [0.15, 0.2) is 0 Å². The number of benzene rings is 2. The van der Waals surface area contributed by atoms with Crippen molar-refractivity contribution in [3.05, 3.63) is 65.7 Å². The van der Waals surface area contributed by atoms with Gasteiger partial charge in [-0.1, -0.05) is 12.1 Å². The van der Waals surface area contributed by atoms with E-state index in [0.717, 1.165) is 5.56 Å². The molecule has 0 aliphatic heterocycles. The highest BCUT2D eigenvalue weighted by Crippen LogP contribution is 2.15. The van der Waals surface area contributed by atoms with Gasteiger partial charge in [0.1, 0.15) is 11.6 Å². The molecule has 0 bridgehead atoms. The van der Waals surface area contributed by atoms with E-state index >= 15 is 0 Å². The maximum Gasteiger partial charge on any atom is 0.305 e. The summed E-state index contributed by atoms with van der Waals surface area (Å²) in [5.41, 5.74) is 1.47. The van der Waals surface area contributed by atoms with Crippen LogP contribution in [0, 0.1) is 11.6 Å². The number of aliphatic carboxylic acids is 1. The second kappa shape index (κ2) is 6.83. The molecule has 5 heteroatoms. The average molecular weight is 291 g/mol. The van der Waals surface area contributed by atoms with E-state index in [-0.39, 0.29) is 24.1 Å². The highest BCUT2D eigenvalue weighted by atomic mass is 19.1. The van der Waals surface area contributed by atoms with E-state index in [1.54, 1.807) is 24.3 Å². The van der Waals surface area contributed by atoms with Crippen LogP contribution < -0.4 is 5.32 Å². The average Bonchev–Trinajstić information content (AvgIpc) is 2.43. The van der Waals surface area contributed by atoms with Crippen molar-refractivity contribution in [1.82, 2.24) is 0 Å². The van der Waals surface area contributed by atoms with Crippen molar-refractivity contribution < 1.29 is 18.7 Å². The molecular formula is C16H15F2NO2. The van der Waals surface area contributed by atoms with Gasteiger partial charge < -0.3 is 10.4 Å². The number of rotatable bonds is 6. The molecule has 110 valence electrons. The zero-order chi connectivity index (χ0) is 15.2. The second-order valence-electron chi connectivity index (χ2n) is 4.78. The molecule has 2 rings (SSSR count). The maximum atomic E-state index is 12.9. The molecule has 2 aromatic carbocycles. The molecule has 1 atom stereocenters. The summed E-state index contributed by atoms with van der Waals surface area (Å²) in [5.74, 6) is -1.62. The van der Waals surface area contributed by atoms with Crippen LogP contribution in [0.4, 0.5) is 14.5 Å². The van der Waals surface area contributed by atoms with Gasteiger partial charge in [-0.2, -0.15) is 0 Å². The molecule has 2 N–H and O–H groups in total. The fraction of sp³-hybridized carbons (Fsp3) is 0.188. The van der Waals surface area contributed by atoms with Gasteiger partial charge in [-0.25, -0.2) is 8.78 Å². The van der Waals surface area contributed by atoms with Gasteiger partial charge in [-0.3, -0.25) is 4.79 Å². The molecule has 21 heavy (non-hydrogen) atoms. The highest BCUT2D eigenvalue weighted by Gasteiger charge is 2.14. The lowest BCUT2D eigenvalue weighted by Crippen LogP contribution is -2.25. The summed E-state index contributed by atoms with van der Waals surface area (Å²) in [6.45, 7) is 0. The minimum Gasteiger partial charge on any atom is -0.481 e. The first-order valence-electron chi connectivity index (χ1n) is 6.51. The number of hydrogen-bond acceptors (Lipinski definition) is 2. The summed E-state index contributed by atoms with van der Waals surface area (Å²) in [5, 5.41) is 12.0. The molecule has 0 amide bonds. The third-order valence-electron chi connectivity index (χ3n) is 3.03. The van der Waals surface area contributed by atoms with Gasteiger partial charge in [0.05, 0.1) is 6.42 Å². The lowest BCUT2D eigenvalue weighted by molar-refractivity contribution is -0.137. The smallest absolute Gasteiger partial charge is 0.305 e. The summed E-state index contributed by atoms with van der Waals surface area (Å²) in [6, 6.07) is 11.3. The van der Waals surface area contributed by atoms with E-state index in [1.165, 1.54) is 24.3 Å². The van der Waals surface area contributed by atoms with E-state index in [4.69, 9.17) is 5.11 Å². The van der Waals surface area contributed by atoms with Crippen LogP contribution >= 0.6 is 0 Å². The summed E-state index contributed by atoms with van der Waals surface area (Å²) in [4.78, 5) is 10.9. The molecule has 0 aliphatic rings. The van der Waals surface area contributed by atoms with E-state index in [1.807, 2.05) is 0 Å². The number of carboxylic acid groups (broad SMARTS) is 1. The van der Waals surface area contributed by atoms with Crippen molar-refractivity contribution in [1.29, 1.82) is 0 Å². The molecule has 0 aliphatic carbocycles. The van der Waals surface area contributed by atoms with Crippen molar-refractivity contribution >= 4 is 11.7 Å². The number of carboxylic acids is 1. The van der Waals surface area contributed by atoms with Crippen LogP contribution in [0.15, 0.2) is 48.5 Å². The van der Waals surface area contributed by atoms with Gasteiger partial charge in [-0.15, -0.1) is 0 Å². The second-order valence-corrected chi connectivity index (χ2v) is 4.78. The van der Waals surface area contributed by atoms with Gasteiger partial charge in [0, 0.05) is 11.7 Å². The SMILES string of the molecule is O=C(O)CC(Cc1ccc(F)cc1)Nc1ccc(F)cc1. The Hall–Kier alpha value is -2.43. The van der Waals surface area contributed by atoms with E-state index in [2.05, 4.69) is 5.32 Å². The molecule has 0 radical (unpaired) electrons. The number of halogens is 2. The molecule has 0 fully saturated rings. The number of nitrogens with one attached hydrogen (secondary N) is 1. The van der Waals surface area contributed by atoms with Crippen LogP contribution in [0.5, 0.6) is 0 Å². The fourth-order valence-electron chi connectivity index (χ4n) is 2.07. The topological polar surface area (TPSA) is 49.3 Å². The Labute approximate surface area is 121 Å². The summed E-state index contributed by atoms with van der Waals surface area (Å²) < 4.78 is 25.7. The lowest BCUT2D eigenvalue weighted by Gasteiger charge is -2.18. The normalized spacial score (nSPS) is 11.9. The quantitative estimate of drug-likeness (QED) is 0.857. The van der Waals surface area contributed by atoms with Gasteiger partial charge in [0.25, 0.3) is 0 Å². The Kier molecular flexibility index (Phi) is 4.87. The zero-order valence-electron chi connectivity index (χ0n) is 11.2. The first-order valence-corrected chi connectivity index (χ1v) is 6.51. The van der Waals surface area contributed by atoms with Gasteiger partial charge >= 0.3 is 5.97 Å². The molecule has 0 aromatic heterocycles. The van der Waals surface area contributed by atoms with Gasteiger partial charge in [0.2, 0.25) is 0 Å². The van der Waals surface area contributed by atoms with E-state index in [0.29, 0.717) is 12.1 Å². The largest absolute Gasteiger partial charge is 0.481 e. The zero-order valence-corrected chi connectivity index (χ0v) is 11.2. The van der Waals surface area contributed by atoms with E-state index in [9.17, 15) is 13.6 Å². The monoisotopic (exact) mass is 291 g/mol. The molecule has 1 unspecified atom stereocenters. The van der Waals surface area contributed by atoms with E-state index < -0.39 is 5.97 Å². The number of anilines is 1. The minimum absolute atomic E-state index is 0.0885. The van der Waals surface area contributed by atoms with Crippen LogP contribution in [0.25, 0.3) is 0 Å². The van der Waals surface area contributed by atoms with Crippen molar-refractivity contribution in [3.8, 4) is 0 Å². The standard InChI is InChI=1S/C16H15F2NO2/c17-12-3-1-11(2-4-12)9-15(10-16(20)21)19-14-7-5-13(18)6-8-14/h1-8,15,19H,9-10H2,(H,20,21). The number of carbonyl (C=O) groups is 1. The van der Waals surface area contributed by atoms with Crippen LogP contribution in [-0.4, -0.2) is 17.1 Å². The highest BCUT2D eigenvalue weighted by molar-refractivity contribution is 5.68. The molecule has 3 nitrogen and oxygen atoms in total. The summed E-state index contributed by atoms with van der Waals surface area (Å²) in [7, 11) is 0. The third-order valence-corrected chi connectivity index (χ3v) is 3.03. The van der Waals surface area contributed by atoms with Crippen molar-refractivity contribution in [3.63, 3.8) is 0 Å². The molecule has 2 aromatic rings. The first kappa shape index (κ1) is 15.0. The Morgan fingerprint density at radius 2 is 1.52 bits per heavy atom. The minimum atomic E-state index is -0.934. The predicted octanol–water partition coefficient (Wildman–Crippen LogP) is 3.46. The Morgan fingerprint density at radius 1 is 1.00 bits per heavy atom. The lowest BCUT2D eigenvalue weighted by atomic mass is 10.0. The molecular weight excluding hydrogens is 276 g/mol. The molecule has 0 heterocycles. The summed E-state index contributed by atoms with van der Waals surface area (Å²) >= 11 is 0. The molecule has 0 saturated carbocycles. The predicted molar refractivity (Wildman–Crippen MR) is 76.2 cm³/mol. The van der Waals surface area contributed by atoms with Crippen LogP contribution in [0.2, 0.25) is 0 Å². The van der Waals surface area contributed by atoms with Crippen LogP contribution in [0.3, 0.4) is 0 Å². The molecule has 0 saturated heterocycles. The third kappa shape index (κ3) is 4.87. The Balaban J connectivity index is 2.08. The van der Waals surface area contributed by atoms with Crippen LogP contribution in [-0.2, 0) is 11.2 Å². The van der Waals surface area contributed by atoms with Crippen molar-refractivity contribution in [2.45, 2.75) is 18.9 Å². The Bertz CT molecular complexity index is 549. The van der Waals surface area contributed by atoms with Crippen molar-refractivity contribution in [2.75, 3.05) is 5.32 Å². The fourth-order valence-corrected chi connectivity index (χ4v) is 2.07. The number of hydrogen-bond donors (Lipinski definition) is 2. The van der Waals surface area contributed by atoms with Crippen LogP contribution in [0.1, 0.15) is 12.0 Å². The van der Waals surface area contributed by atoms with Crippen molar-refractivity contribution in [2.24, 2.45) is 0 Å². The maximum absolute atomic E-state index is 12.9. The first-order chi connectivity index (χ1) is 10.0. The molecule has 0 spiro atoms. The summed E-state index contributed by atoms with van der Waals surface area (Å²) in [6.07, 6.45) is 0.346. The Morgan fingerprint density at radius 3 is 2.05 bits per heavy atom.